The first-order chi connectivity index (χ1) is 8.71. The van der Waals surface area contributed by atoms with Crippen molar-refractivity contribution in [3.05, 3.63) is 0 Å². The molecule has 1 saturated heterocycles. The molecule has 0 aromatic rings. The predicted octanol–water partition coefficient (Wildman–Crippen LogP) is 0.178. The van der Waals surface area contributed by atoms with Crippen molar-refractivity contribution in [3.8, 4) is 0 Å². The number of nitrogens with one attached hydrogen (secondary N) is 1. The number of primary amides is 1. The van der Waals surface area contributed by atoms with Crippen LogP contribution in [-0.4, -0.2) is 43.4 Å². The number of rotatable bonds is 7. The Morgan fingerprint density at radius 3 is 2.61 bits per heavy atom. The Labute approximate surface area is 107 Å². The van der Waals surface area contributed by atoms with Crippen LogP contribution in [0.1, 0.15) is 32.1 Å². The first kappa shape index (κ1) is 12.4. The molecule has 0 aromatic heterocycles. The molecule has 3 aliphatic rings. The van der Waals surface area contributed by atoms with Crippen molar-refractivity contribution in [1.82, 2.24) is 5.32 Å². The van der Waals surface area contributed by atoms with E-state index in [-0.39, 0.29) is 12.0 Å². The first-order valence-corrected chi connectivity index (χ1v) is 6.97. The van der Waals surface area contributed by atoms with E-state index in [0.29, 0.717) is 25.2 Å². The molecule has 0 bridgehead atoms. The lowest BCUT2D eigenvalue weighted by molar-refractivity contribution is -0.129. The van der Waals surface area contributed by atoms with Crippen LogP contribution in [0.4, 0.5) is 0 Å². The third-order valence-corrected chi connectivity index (χ3v) is 4.19. The second kappa shape index (κ2) is 4.79. The highest BCUT2D eigenvalue weighted by atomic mass is 16.5. The van der Waals surface area contributed by atoms with Crippen molar-refractivity contribution in [2.24, 2.45) is 11.7 Å². The summed E-state index contributed by atoms with van der Waals surface area (Å²) in [7, 11) is 0. The van der Waals surface area contributed by atoms with Crippen molar-refractivity contribution in [2.75, 3.05) is 19.8 Å². The molecule has 1 amide bonds. The van der Waals surface area contributed by atoms with Crippen molar-refractivity contribution < 1.29 is 14.3 Å². The standard InChI is InChI=1S/C13H22N2O3/c14-12(16)13(9-1-2-9,15-10-3-4-10)8-18-11-5-6-17-7-11/h9-11,15H,1-8H2,(H2,14,16). The van der Waals surface area contributed by atoms with Gasteiger partial charge in [-0.25, -0.2) is 0 Å². The largest absolute Gasteiger partial charge is 0.379 e. The summed E-state index contributed by atoms with van der Waals surface area (Å²) in [6, 6.07) is 0.460. The van der Waals surface area contributed by atoms with Crippen molar-refractivity contribution in [3.63, 3.8) is 0 Å². The summed E-state index contributed by atoms with van der Waals surface area (Å²) in [4.78, 5) is 11.9. The molecule has 5 heteroatoms. The molecule has 5 nitrogen and oxygen atoms in total. The van der Waals surface area contributed by atoms with Gasteiger partial charge in [-0.2, -0.15) is 0 Å². The van der Waals surface area contributed by atoms with Crippen LogP contribution in [0.25, 0.3) is 0 Å². The van der Waals surface area contributed by atoms with E-state index in [4.69, 9.17) is 15.2 Å². The Morgan fingerprint density at radius 2 is 2.11 bits per heavy atom. The lowest BCUT2D eigenvalue weighted by atomic mass is 9.92. The molecule has 3 fully saturated rings. The van der Waals surface area contributed by atoms with E-state index in [9.17, 15) is 4.79 Å². The Bertz CT molecular complexity index is 322. The summed E-state index contributed by atoms with van der Waals surface area (Å²) in [5, 5.41) is 3.45. The topological polar surface area (TPSA) is 73.6 Å². The Kier molecular flexibility index (Phi) is 3.30. The number of carbonyl (C=O) groups excluding carboxylic acids is 1. The zero-order chi connectivity index (χ0) is 12.6. The van der Waals surface area contributed by atoms with Gasteiger partial charge in [0, 0.05) is 12.6 Å². The fourth-order valence-corrected chi connectivity index (χ4v) is 2.68. The van der Waals surface area contributed by atoms with Gasteiger partial charge in [0.25, 0.3) is 0 Å². The van der Waals surface area contributed by atoms with Crippen molar-refractivity contribution >= 4 is 5.91 Å². The maximum absolute atomic E-state index is 11.9. The molecule has 2 unspecified atom stereocenters. The van der Waals surface area contributed by atoms with E-state index in [1.807, 2.05) is 0 Å². The van der Waals surface area contributed by atoms with Gasteiger partial charge in [0.15, 0.2) is 0 Å². The second-order valence-corrected chi connectivity index (χ2v) is 5.83. The molecule has 18 heavy (non-hydrogen) atoms. The molecule has 1 heterocycles. The monoisotopic (exact) mass is 254 g/mol. The van der Waals surface area contributed by atoms with E-state index in [2.05, 4.69) is 5.32 Å². The third-order valence-electron chi connectivity index (χ3n) is 4.19. The molecular formula is C13H22N2O3. The van der Waals surface area contributed by atoms with E-state index < -0.39 is 5.54 Å². The zero-order valence-corrected chi connectivity index (χ0v) is 10.7. The average Bonchev–Trinajstić information content (AvgIpc) is 3.25. The molecule has 0 aromatic carbocycles. The van der Waals surface area contributed by atoms with Gasteiger partial charge in [0.2, 0.25) is 5.91 Å². The SMILES string of the molecule is NC(=O)C(COC1CCOC1)(NC1CC1)C1CC1. The van der Waals surface area contributed by atoms with Gasteiger partial charge in [-0.15, -0.1) is 0 Å². The van der Waals surface area contributed by atoms with Gasteiger partial charge < -0.3 is 15.2 Å². The quantitative estimate of drug-likeness (QED) is 0.679. The average molecular weight is 254 g/mol. The Morgan fingerprint density at radius 1 is 1.33 bits per heavy atom. The van der Waals surface area contributed by atoms with Crippen LogP contribution >= 0.6 is 0 Å². The number of amides is 1. The summed E-state index contributed by atoms with van der Waals surface area (Å²) < 4.78 is 11.2. The molecule has 0 spiro atoms. The van der Waals surface area contributed by atoms with E-state index >= 15 is 0 Å². The molecule has 3 rings (SSSR count). The van der Waals surface area contributed by atoms with E-state index in [1.165, 1.54) is 0 Å². The molecule has 3 N–H and O–H groups in total. The number of nitrogens with two attached hydrogens (primary N) is 1. The van der Waals surface area contributed by atoms with Gasteiger partial charge >= 0.3 is 0 Å². The van der Waals surface area contributed by atoms with Crippen LogP contribution in [-0.2, 0) is 14.3 Å². The minimum absolute atomic E-state index is 0.128. The molecule has 2 aliphatic carbocycles. The van der Waals surface area contributed by atoms with Crippen LogP contribution in [0.15, 0.2) is 0 Å². The molecule has 2 saturated carbocycles. The normalized spacial score (nSPS) is 31.2. The van der Waals surface area contributed by atoms with Gasteiger partial charge in [-0.3, -0.25) is 10.1 Å². The van der Waals surface area contributed by atoms with Crippen molar-refractivity contribution in [2.45, 2.75) is 49.8 Å². The van der Waals surface area contributed by atoms with Crippen LogP contribution in [0.3, 0.4) is 0 Å². The molecule has 2 atom stereocenters. The van der Waals surface area contributed by atoms with E-state index in [0.717, 1.165) is 38.7 Å². The predicted molar refractivity (Wildman–Crippen MR) is 66.0 cm³/mol. The van der Waals surface area contributed by atoms with Crippen LogP contribution < -0.4 is 11.1 Å². The van der Waals surface area contributed by atoms with Gasteiger partial charge in [-0.05, 0) is 38.0 Å². The molecule has 0 radical (unpaired) electrons. The Balaban J connectivity index is 1.64. The highest BCUT2D eigenvalue weighted by Crippen LogP contribution is 2.42. The molecule has 102 valence electrons. The highest BCUT2D eigenvalue weighted by molar-refractivity contribution is 5.86. The minimum Gasteiger partial charge on any atom is -0.379 e. The third kappa shape index (κ3) is 2.53. The summed E-state index contributed by atoms with van der Waals surface area (Å²) in [6.45, 7) is 1.80. The zero-order valence-electron chi connectivity index (χ0n) is 10.7. The number of hydrogen-bond acceptors (Lipinski definition) is 4. The first-order valence-electron chi connectivity index (χ1n) is 6.97. The fourth-order valence-electron chi connectivity index (χ4n) is 2.68. The number of hydrogen-bond donors (Lipinski definition) is 2. The van der Waals surface area contributed by atoms with Gasteiger partial charge in [-0.1, -0.05) is 0 Å². The summed E-state index contributed by atoms with van der Waals surface area (Å²) in [5.41, 5.74) is 5.03. The maximum atomic E-state index is 11.9. The van der Waals surface area contributed by atoms with Crippen LogP contribution in [0.5, 0.6) is 0 Å². The maximum Gasteiger partial charge on any atom is 0.240 e. The lowest BCUT2D eigenvalue weighted by Crippen LogP contribution is -2.61. The number of carbonyl (C=O) groups is 1. The lowest BCUT2D eigenvalue weighted by Gasteiger charge is -2.33. The van der Waals surface area contributed by atoms with Gasteiger partial charge in [0.1, 0.15) is 5.54 Å². The van der Waals surface area contributed by atoms with Crippen molar-refractivity contribution in [1.29, 1.82) is 0 Å². The smallest absolute Gasteiger partial charge is 0.240 e. The van der Waals surface area contributed by atoms with E-state index in [1.54, 1.807) is 0 Å². The summed E-state index contributed by atoms with van der Waals surface area (Å²) in [5.74, 6) is 0.105. The Hall–Kier alpha value is -0.650. The second-order valence-electron chi connectivity index (χ2n) is 5.83. The fraction of sp³-hybridized carbons (Fsp3) is 0.923. The minimum atomic E-state index is -0.635. The number of ether oxygens (including phenoxy) is 2. The summed E-state index contributed by atoms with van der Waals surface area (Å²) >= 11 is 0. The highest BCUT2D eigenvalue weighted by Gasteiger charge is 2.52. The molecular weight excluding hydrogens is 232 g/mol. The van der Waals surface area contributed by atoms with Crippen LogP contribution in [0, 0.1) is 5.92 Å². The summed E-state index contributed by atoms with van der Waals surface area (Å²) in [6.07, 6.45) is 5.50. The van der Waals surface area contributed by atoms with Crippen LogP contribution in [0.2, 0.25) is 0 Å². The van der Waals surface area contributed by atoms with Gasteiger partial charge in [0.05, 0.1) is 19.3 Å². The molecule has 1 aliphatic heterocycles.